The van der Waals surface area contributed by atoms with Gasteiger partial charge in [-0.2, -0.15) is 0 Å². The molecule has 5 heteroatoms. The summed E-state index contributed by atoms with van der Waals surface area (Å²) in [6, 6.07) is -0.188. The van der Waals surface area contributed by atoms with Gasteiger partial charge in [-0.3, -0.25) is 4.57 Å². The molecule has 5 nitrogen and oxygen atoms in total. The minimum atomic E-state index is -0.188. The maximum absolute atomic E-state index is 11.4. The van der Waals surface area contributed by atoms with Gasteiger partial charge in [-0.05, 0) is 12.3 Å². The molecule has 0 saturated carbocycles. The molecule has 0 spiro atoms. The Labute approximate surface area is 82.8 Å². The Bertz CT molecular complexity index is 272. The maximum Gasteiger partial charge on any atom is 0.326 e. The van der Waals surface area contributed by atoms with E-state index in [4.69, 9.17) is 5.11 Å². The Morgan fingerprint density at radius 1 is 1.71 bits per heavy atom. The van der Waals surface area contributed by atoms with Gasteiger partial charge in [0.15, 0.2) is 0 Å². The van der Waals surface area contributed by atoms with Crippen LogP contribution in [0.5, 0.6) is 0 Å². The molecule has 0 aliphatic carbocycles. The second-order valence-electron chi connectivity index (χ2n) is 3.27. The van der Waals surface area contributed by atoms with Crippen molar-refractivity contribution in [3.05, 3.63) is 18.7 Å². The number of carbonyl (C=O) groups excluding carboxylic acids is 1. The van der Waals surface area contributed by atoms with Crippen LogP contribution in [0, 0.1) is 5.92 Å². The van der Waals surface area contributed by atoms with Crippen molar-refractivity contribution in [2.75, 3.05) is 13.2 Å². The van der Waals surface area contributed by atoms with Gasteiger partial charge in [0.25, 0.3) is 0 Å². The standard InChI is InChI=1S/C9H15N3O2/c1-8(2-5-13)6-11-9(14)12-4-3-10-7-12/h3-4,7-8,13H,2,5-6H2,1H3,(H,11,14). The predicted molar refractivity (Wildman–Crippen MR) is 51.9 cm³/mol. The first-order valence-electron chi connectivity index (χ1n) is 4.61. The molecule has 1 amide bonds. The van der Waals surface area contributed by atoms with Crippen molar-refractivity contribution in [3.63, 3.8) is 0 Å². The first kappa shape index (κ1) is 10.7. The molecule has 0 radical (unpaired) electrons. The van der Waals surface area contributed by atoms with E-state index in [0.29, 0.717) is 13.0 Å². The van der Waals surface area contributed by atoms with Crippen LogP contribution in [0.1, 0.15) is 13.3 Å². The van der Waals surface area contributed by atoms with Crippen LogP contribution < -0.4 is 5.32 Å². The molecule has 1 aromatic heterocycles. The number of imidazole rings is 1. The molecule has 0 aliphatic rings. The van der Waals surface area contributed by atoms with Crippen LogP contribution in [0.2, 0.25) is 0 Å². The predicted octanol–water partition coefficient (Wildman–Crippen LogP) is 0.459. The second-order valence-corrected chi connectivity index (χ2v) is 3.27. The molecule has 0 aliphatic heterocycles. The summed E-state index contributed by atoms with van der Waals surface area (Å²) >= 11 is 0. The van der Waals surface area contributed by atoms with Gasteiger partial charge in [0.1, 0.15) is 6.33 Å². The van der Waals surface area contributed by atoms with Crippen LogP contribution in [-0.4, -0.2) is 33.8 Å². The lowest BCUT2D eigenvalue weighted by molar-refractivity contribution is 0.235. The Morgan fingerprint density at radius 3 is 3.07 bits per heavy atom. The van der Waals surface area contributed by atoms with E-state index < -0.39 is 0 Å². The molecule has 0 aromatic carbocycles. The van der Waals surface area contributed by atoms with Gasteiger partial charge in [0, 0.05) is 25.5 Å². The monoisotopic (exact) mass is 197 g/mol. The molecule has 0 saturated heterocycles. The van der Waals surface area contributed by atoms with Crippen molar-refractivity contribution in [1.82, 2.24) is 14.9 Å². The van der Waals surface area contributed by atoms with Gasteiger partial charge in [-0.25, -0.2) is 9.78 Å². The van der Waals surface area contributed by atoms with Crippen molar-refractivity contribution in [2.45, 2.75) is 13.3 Å². The zero-order valence-electron chi connectivity index (χ0n) is 8.18. The third-order valence-corrected chi connectivity index (χ3v) is 1.96. The maximum atomic E-state index is 11.4. The molecule has 1 heterocycles. The molecule has 0 bridgehead atoms. The quantitative estimate of drug-likeness (QED) is 0.736. The molecule has 14 heavy (non-hydrogen) atoms. The molecule has 78 valence electrons. The third-order valence-electron chi connectivity index (χ3n) is 1.96. The zero-order chi connectivity index (χ0) is 10.4. The summed E-state index contributed by atoms with van der Waals surface area (Å²) in [6.07, 6.45) is 5.29. The van der Waals surface area contributed by atoms with Gasteiger partial charge in [-0.1, -0.05) is 6.92 Å². The van der Waals surface area contributed by atoms with Crippen molar-refractivity contribution in [2.24, 2.45) is 5.92 Å². The van der Waals surface area contributed by atoms with E-state index in [2.05, 4.69) is 10.3 Å². The van der Waals surface area contributed by atoms with Crippen molar-refractivity contribution >= 4 is 6.03 Å². The lowest BCUT2D eigenvalue weighted by atomic mass is 10.1. The summed E-state index contributed by atoms with van der Waals surface area (Å²) in [4.78, 5) is 15.1. The van der Waals surface area contributed by atoms with E-state index in [-0.39, 0.29) is 18.6 Å². The third kappa shape index (κ3) is 3.18. The average Bonchev–Trinajstić information content (AvgIpc) is 2.67. The number of carbonyl (C=O) groups is 1. The van der Waals surface area contributed by atoms with E-state index in [0.717, 1.165) is 0 Å². The number of aliphatic hydroxyl groups excluding tert-OH is 1. The number of nitrogens with one attached hydrogen (secondary N) is 1. The molecular weight excluding hydrogens is 182 g/mol. The minimum absolute atomic E-state index is 0.155. The van der Waals surface area contributed by atoms with Crippen molar-refractivity contribution in [3.8, 4) is 0 Å². The van der Waals surface area contributed by atoms with Gasteiger partial charge >= 0.3 is 6.03 Å². The van der Waals surface area contributed by atoms with E-state index in [1.165, 1.54) is 10.9 Å². The highest BCUT2D eigenvalue weighted by atomic mass is 16.3. The van der Waals surface area contributed by atoms with Gasteiger partial charge in [-0.15, -0.1) is 0 Å². The van der Waals surface area contributed by atoms with E-state index in [1.54, 1.807) is 12.4 Å². The number of hydrogen-bond donors (Lipinski definition) is 2. The average molecular weight is 197 g/mol. The number of rotatable bonds is 4. The Hall–Kier alpha value is -1.36. The lowest BCUT2D eigenvalue weighted by Crippen LogP contribution is -2.31. The number of aliphatic hydroxyl groups is 1. The number of amides is 1. The van der Waals surface area contributed by atoms with Crippen LogP contribution in [-0.2, 0) is 0 Å². The van der Waals surface area contributed by atoms with E-state index in [9.17, 15) is 4.79 Å². The topological polar surface area (TPSA) is 67.2 Å². The van der Waals surface area contributed by atoms with Gasteiger partial charge < -0.3 is 10.4 Å². The summed E-state index contributed by atoms with van der Waals surface area (Å²) < 4.78 is 1.38. The molecule has 1 rings (SSSR count). The van der Waals surface area contributed by atoms with Crippen LogP contribution in [0.3, 0.4) is 0 Å². The minimum Gasteiger partial charge on any atom is -0.396 e. The molecule has 2 N–H and O–H groups in total. The van der Waals surface area contributed by atoms with E-state index in [1.807, 2.05) is 6.92 Å². The smallest absolute Gasteiger partial charge is 0.326 e. The fourth-order valence-corrected chi connectivity index (χ4v) is 1.05. The fourth-order valence-electron chi connectivity index (χ4n) is 1.05. The summed E-state index contributed by atoms with van der Waals surface area (Å²) in [6.45, 7) is 2.70. The van der Waals surface area contributed by atoms with Gasteiger partial charge in [0.05, 0.1) is 0 Å². The van der Waals surface area contributed by atoms with Crippen molar-refractivity contribution in [1.29, 1.82) is 0 Å². The van der Waals surface area contributed by atoms with Crippen molar-refractivity contribution < 1.29 is 9.90 Å². The number of nitrogens with zero attached hydrogens (tertiary/aromatic N) is 2. The molecule has 0 fully saturated rings. The van der Waals surface area contributed by atoms with Gasteiger partial charge in [0.2, 0.25) is 0 Å². The highest BCUT2D eigenvalue weighted by Crippen LogP contribution is 1.98. The lowest BCUT2D eigenvalue weighted by Gasteiger charge is -2.10. The highest BCUT2D eigenvalue weighted by Gasteiger charge is 2.05. The summed E-state index contributed by atoms with van der Waals surface area (Å²) in [7, 11) is 0. The second kappa shape index (κ2) is 5.39. The zero-order valence-corrected chi connectivity index (χ0v) is 8.18. The number of hydrogen-bond acceptors (Lipinski definition) is 3. The largest absolute Gasteiger partial charge is 0.396 e. The van der Waals surface area contributed by atoms with Crippen LogP contribution in [0.4, 0.5) is 4.79 Å². The Morgan fingerprint density at radius 2 is 2.50 bits per heavy atom. The summed E-state index contributed by atoms with van der Waals surface area (Å²) in [5, 5.41) is 11.4. The highest BCUT2D eigenvalue weighted by molar-refractivity contribution is 5.76. The van der Waals surface area contributed by atoms with Crippen LogP contribution >= 0.6 is 0 Å². The SMILES string of the molecule is CC(CCO)CNC(=O)n1ccnc1. The Balaban J connectivity index is 2.28. The summed E-state index contributed by atoms with van der Waals surface area (Å²) in [5.41, 5.74) is 0. The number of aromatic nitrogens is 2. The molecule has 1 aromatic rings. The Kier molecular flexibility index (Phi) is 4.12. The first-order chi connectivity index (χ1) is 6.74. The first-order valence-corrected chi connectivity index (χ1v) is 4.61. The van der Waals surface area contributed by atoms with Crippen LogP contribution in [0.15, 0.2) is 18.7 Å². The molecular formula is C9H15N3O2. The van der Waals surface area contributed by atoms with E-state index >= 15 is 0 Å². The molecule has 1 unspecified atom stereocenters. The molecule has 1 atom stereocenters. The fraction of sp³-hybridized carbons (Fsp3) is 0.556. The van der Waals surface area contributed by atoms with Crippen LogP contribution in [0.25, 0.3) is 0 Å². The normalized spacial score (nSPS) is 12.4. The summed E-state index contributed by atoms with van der Waals surface area (Å²) in [5.74, 6) is 0.285.